The molecule has 6 heteroatoms. The van der Waals surface area contributed by atoms with E-state index in [9.17, 15) is 9.59 Å². The van der Waals surface area contributed by atoms with Crippen LogP contribution in [0.2, 0.25) is 0 Å². The van der Waals surface area contributed by atoms with E-state index in [2.05, 4.69) is 5.32 Å². The Kier molecular flexibility index (Phi) is 6.96. The summed E-state index contributed by atoms with van der Waals surface area (Å²) < 4.78 is 16.6. The number of nitrogens with one attached hydrogen (secondary N) is 1. The van der Waals surface area contributed by atoms with Gasteiger partial charge in [-0.2, -0.15) is 0 Å². The first-order chi connectivity index (χ1) is 11.9. The van der Waals surface area contributed by atoms with Gasteiger partial charge >= 0.3 is 0 Å². The van der Waals surface area contributed by atoms with Crippen LogP contribution in [0, 0.1) is 5.92 Å². The van der Waals surface area contributed by atoms with Gasteiger partial charge in [0, 0.05) is 24.9 Å². The Morgan fingerprint density at radius 1 is 1.24 bits per heavy atom. The normalized spacial score (nSPS) is 17.1. The highest BCUT2D eigenvalue weighted by Crippen LogP contribution is 2.26. The van der Waals surface area contributed by atoms with E-state index >= 15 is 0 Å². The van der Waals surface area contributed by atoms with Gasteiger partial charge < -0.3 is 19.5 Å². The van der Waals surface area contributed by atoms with Crippen molar-refractivity contribution in [2.24, 2.45) is 5.92 Å². The number of ether oxygens (including phenoxy) is 3. The number of hydrogen-bond acceptors (Lipinski definition) is 5. The Balaban J connectivity index is 1.69. The molecular formula is C19H27NO5. The van der Waals surface area contributed by atoms with E-state index in [1.165, 1.54) is 0 Å². The first-order valence-corrected chi connectivity index (χ1v) is 8.72. The summed E-state index contributed by atoms with van der Waals surface area (Å²) in [5.41, 5.74) is 0.651. The molecule has 0 unspecified atom stereocenters. The lowest BCUT2D eigenvalue weighted by Gasteiger charge is -2.26. The predicted molar refractivity (Wildman–Crippen MR) is 93.7 cm³/mol. The molecule has 1 N–H and O–H groups in total. The molecule has 1 saturated heterocycles. The van der Waals surface area contributed by atoms with Gasteiger partial charge in [-0.1, -0.05) is 13.8 Å². The van der Waals surface area contributed by atoms with Crippen LogP contribution >= 0.6 is 0 Å². The van der Waals surface area contributed by atoms with Crippen molar-refractivity contribution in [2.45, 2.75) is 39.4 Å². The molecule has 0 spiro atoms. The van der Waals surface area contributed by atoms with Crippen LogP contribution in [0.5, 0.6) is 5.75 Å². The monoisotopic (exact) mass is 349 g/mol. The summed E-state index contributed by atoms with van der Waals surface area (Å²) in [4.78, 5) is 23.5. The standard InChI is InChI=1S/C19H27NO5/c1-4-17(21)15-5-7-16(8-6-15)23-13-18(22)20-12-14(2)11-19(3)24-9-10-25-19/h5-8,14H,4,9-13H2,1-3H3,(H,20,22)/t14-/m1/s1. The van der Waals surface area contributed by atoms with Crippen molar-refractivity contribution in [3.05, 3.63) is 29.8 Å². The lowest BCUT2D eigenvalue weighted by molar-refractivity contribution is -0.154. The minimum absolute atomic E-state index is 0.0575. The summed E-state index contributed by atoms with van der Waals surface area (Å²) >= 11 is 0. The summed E-state index contributed by atoms with van der Waals surface area (Å²) in [7, 11) is 0. The molecule has 0 bridgehead atoms. The minimum Gasteiger partial charge on any atom is -0.484 e. The van der Waals surface area contributed by atoms with Crippen LogP contribution in [-0.2, 0) is 14.3 Å². The fraction of sp³-hybridized carbons (Fsp3) is 0.579. The van der Waals surface area contributed by atoms with Crippen molar-refractivity contribution in [3.63, 3.8) is 0 Å². The van der Waals surface area contributed by atoms with Gasteiger partial charge in [0.05, 0.1) is 13.2 Å². The highest BCUT2D eigenvalue weighted by atomic mass is 16.7. The molecule has 1 atom stereocenters. The van der Waals surface area contributed by atoms with E-state index in [-0.39, 0.29) is 24.2 Å². The zero-order chi connectivity index (χ0) is 18.3. The number of ketones is 1. The van der Waals surface area contributed by atoms with E-state index in [0.717, 1.165) is 6.42 Å². The fourth-order valence-electron chi connectivity index (χ4n) is 2.81. The second kappa shape index (κ2) is 8.97. The number of hydrogen-bond donors (Lipinski definition) is 1. The molecule has 1 amide bonds. The van der Waals surface area contributed by atoms with Crippen LogP contribution in [-0.4, -0.2) is 43.8 Å². The third-order valence-corrected chi connectivity index (χ3v) is 4.13. The van der Waals surface area contributed by atoms with Crippen LogP contribution in [0.4, 0.5) is 0 Å². The topological polar surface area (TPSA) is 73.9 Å². The highest BCUT2D eigenvalue weighted by molar-refractivity contribution is 5.95. The van der Waals surface area contributed by atoms with Gasteiger partial charge in [0.25, 0.3) is 5.91 Å². The molecule has 25 heavy (non-hydrogen) atoms. The van der Waals surface area contributed by atoms with Crippen molar-refractivity contribution >= 4 is 11.7 Å². The molecule has 1 heterocycles. The largest absolute Gasteiger partial charge is 0.484 e. The lowest BCUT2D eigenvalue weighted by Crippen LogP contribution is -2.36. The molecule has 0 aromatic heterocycles. The summed E-state index contributed by atoms with van der Waals surface area (Å²) in [5.74, 6) is 0.155. The van der Waals surface area contributed by atoms with Gasteiger partial charge in [0.1, 0.15) is 5.75 Å². The zero-order valence-corrected chi connectivity index (χ0v) is 15.2. The molecule has 0 saturated carbocycles. The number of Topliss-reactive ketones (excluding diaryl/α,β-unsaturated/α-hetero) is 1. The molecule has 1 aromatic rings. The van der Waals surface area contributed by atoms with E-state index in [1.54, 1.807) is 24.3 Å². The number of carbonyl (C=O) groups is 2. The molecule has 0 radical (unpaired) electrons. The Hall–Kier alpha value is -1.92. The zero-order valence-electron chi connectivity index (χ0n) is 15.2. The molecule has 6 nitrogen and oxygen atoms in total. The molecule has 2 rings (SSSR count). The van der Waals surface area contributed by atoms with Crippen LogP contribution in [0.3, 0.4) is 0 Å². The first-order valence-electron chi connectivity index (χ1n) is 8.72. The van der Waals surface area contributed by atoms with Gasteiger partial charge in [-0.05, 0) is 37.1 Å². The predicted octanol–water partition coefficient (Wildman–Crippen LogP) is 2.56. The van der Waals surface area contributed by atoms with E-state index in [4.69, 9.17) is 14.2 Å². The number of rotatable bonds is 9. The van der Waals surface area contributed by atoms with Crippen molar-refractivity contribution < 1.29 is 23.8 Å². The average Bonchev–Trinajstić information content (AvgIpc) is 3.03. The average molecular weight is 349 g/mol. The van der Waals surface area contributed by atoms with Gasteiger partial charge in [0.2, 0.25) is 0 Å². The van der Waals surface area contributed by atoms with Gasteiger partial charge in [-0.3, -0.25) is 9.59 Å². The summed E-state index contributed by atoms with van der Waals surface area (Å²) in [6.45, 7) is 7.50. The van der Waals surface area contributed by atoms with Crippen LogP contribution in [0.25, 0.3) is 0 Å². The number of benzene rings is 1. The van der Waals surface area contributed by atoms with Crippen LogP contribution < -0.4 is 10.1 Å². The van der Waals surface area contributed by atoms with E-state index < -0.39 is 5.79 Å². The van der Waals surface area contributed by atoms with Crippen molar-refractivity contribution in [1.82, 2.24) is 5.32 Å². The molecule has 0 aliphatic carbocycles. The quantitative estimate of drug-likeness (QED) is 0.694. The fourth-order valence-corrected chi connectivity index (χ4v) is 2.81. The maximum atomic E-state index is 11.9. The van der Waals surface area contributed by atoms with Gasteiger partial charge in [0.15, 0.2) is 18.2 Å². The Morgan fingerprint density at radius 2 is 1.88 bits per heavy atom. The summed E-state index contributed by atoms with van der Waals surface area (Å²) in [6, 6.07) is 6.83. The lowest BCUT2D eigenvalue weighted by atomic mass is 10.0. The number of carbonyl (C=O) groups excluding carboxylic acids is 2. The van der Waals surface area contributed by atoms with Crippen LogP contribution in [0.15, 0.2) is 24.3 Å². The van der Waals surface area contributed by atoms with Crippen molar-refractivity contribution in [1.29, 1.82) is 0 Å². The summed E-state index contributed by atoms with van der Waals surface area (Å²) in [5, 5.41) is 2.85. The maximum Gasteiger partial charge on any atom is 0.257 e. The SMILES string of the molecule is CCC(=O)c1ccc(OCC(=O)NC[C@H](C)CC2(C)OCCO2)cc1. The van der Waals surface area contributed by atoms with Crippen molar-refractivity contribution in [3.8, 4) is 5.75 Å². The molecular weight excluding hydrogens is 322 g/mol. The van der Waals surface area contributed by atoms with Crippen molar-refractivity contribution in [2.75, 3.05) is 26.4 Å². The molecule has 1 aromatic carbocycles. The van der Waals surface area contributed by atoms with Crippen LogP contribution in [0.1, 0.15) is 44.0 Å². The minimum atomic E-state index is -0.543. The Morgan fingerprint density at radius 3 is 2.48 bits per heavy atom. The Bertz CT molecular complexity index is 578. The third kappa shape index (κ3) is 6.14. The molecule has 138 valence electrons. The first kappa shape index (κ1) is 19.4. The third-order valence-electron chi connectivity index (χ3n) is 4.13. The molecule has 1 fully saturated rings. The maximum absolute atomic E-state index is 11.9. The Labute approximate surface area is 148 Å². The second-order valence-electron chi connectivity index (χ2n) is 6.53. The molecule has 1 aliphatic heterocycles. The van der Waals surface area contributed by atoms with Gasteiger partial charge in [-0.15, -0.1) is 0 Å². The second-order valence-corrected chi connectivity index (χ2v) is 6.53. The van der Waals surface area contributed by atoms with E-state index in [1.807, 2.05) is 20.8 Å². The smallest absolute Gasteiger partial charge is 0.257 e. The number of amides is 1. The summed E-state index contributed by atoms with van der Waals surface area (Å²) in [6.07, 6.45) is 1.19. The highest BCUT2D eigenvalue weighted by Gasteiger charge is 2.32. The molecule has 1 aliphatic rings. The van der Waals surface area contributed by atoms with Gasteiger partial charge in [-0.25, -0.2) is 0 Å². The van der Waals surface area contributed by atoms with E-state index in [0.29, 0.717) is 37.5 Å².